The fourth-order valence-corrected chi connectivity index (χ4v) is 2.64. The van der Waals surface area contributed by atoms with E-state index in [0.717, 1.165) is 12.3 Å². The summed E-state index contributed by atoms with van der Waals surface area (Å²) in [6.07, 6.45) is 0.987. The van der Waals surface area contributed by atoms with Gasteiger partial charge in [0, 0.05) is 24.3 Å². The summed E-state index contributed by atoms with van der Waals surface area (Å²) in [5, 5.41) is 20.9. The number of nitrogens with zero attached hydrogens (tertiary/aromatic N) is 1. The van der Waals surface area contributed by atoms with E-state index in [-0.39, 0.29) is 22.9 Å². The van der Waals surface area contributed by atoms with Gasteiger partial charge in [-0.25, -0.2) is 8.42 Å². The van der Waals surface area contributed by atoms with Crippen molar-refractivity contribution in [3.63, 3.8) is 0 Å². The van der Waals surface area contributed by atoms with Crippen LogP contribution in [0.25, 0.3) is 0 Å². The van der Waals surface area contributed by atoms with Gasteiger partial charge in [-0.1, -0.05) is 19.9 Å². The molecule has 0 bridgehead atoms. The third kappa shape index (κ3) is 4.57. The lowest BCUT2D eigenvalue weighted by molar-refractivity contribution is -0.385. The predicted octanol–water partition coefficient (Wildman–Crippen LogP) is 1.95. The summed E-state index contributed by atoms with van der Waals surface area (Å²) in [5.74, 6) is 0.277. The lowest BCUT2D eigenvalue weighted by Gasteiger charge is -2.13. The van der Waals surface area contributed by atoms with Gasteiger partial charge in [-0.05, 0) is 18.4 Å². The minimum absolute atomic E-state index is 0.0914. The number of nitro groups is 1. The molecule has 20 heavy (non-hydrogen) atoms. The third-order valence-corrected chi connectivity index (χ3v) is 3.99. The van der Waals surface area contributed by atoms with Crippen LogP contribution < -0.4 is 0 Å². The van der Waals surface area contributed by atoms with Gasteiger partial charge < -0.3 is 5.11 Å². The summed E-state index contributed by atoms with van der Waals surface area (Å²) in [6.45, 7) is 3.90. The van der Waals surface area contributed by atoms with Crippen LogP contribution in [0.3, 0.4) is 0 Å². The molecule has 1 unspecified atom stereocenters. The van der Waals surface area contributed by atoms with Crippen molar-refractivity contribution < 1.29 is 18.4 Å². The summed E-state index contributed by atoms with van der Waals surface area (Å²) in [7, 11) is -3.49. The van der Waals surface area contributed by atoms with E-state index < -0.39 is 20.9 Å². The predicted molar refractivity (Wildman–Crippen MR) is 75.4 cm³/mol. The number of benzene rings is 1. The molecule has 0 radical (unpaired) electrons. The van der Waals surface area contributed by atoms with Gasteiger partial charge in [0.2, 0.25) is 0 Å². The molecule has 1 aromatic rings. The molecule has 1 atom stereocenters. The fraction of sp³-hybridized carbons (Fsp3) is 0.538. The van der Waals surface area contributed by atoms with E-state index in [1.165, 1.54) is 12.1 Å². The van der Waals surface area contributed by atoms with Crippen molar-refractivity contribution in [2.45, 2.75) is 37.7 Å². The average molecular weight is 301 g/mol. The summed E-state index contributed by atoms with van der Waals surface area (Å²) in [4.78, 5) is 10.3. The summed E-state index contributed by atoms with van der Waals surface area (Å²) >= 11 is 0. The summed E-state index contributed by atoms with van der Waals surface area (Å²) in [6, 6.07) is 3.78. The van der Waals surface area contributed by atoms with Crippen LogP contribution in [-0.4, -0.2) is 30.8 Å². The van der Waals surface area contributed by atoms with Crippen molar-refractivity contribution in [3.05, 3.63) is 33.9 Å². The molecule has 0 saturated heterocycles. The van der Waals surface area contributed by atoms with E-state index in [1.807, 2.05) is 13.8 Å². The first-order chi connectivity index (χ1) is 9.11. The third-order valence-electron chi connectivity index (χ3n) is 2.88. The van der Waals surface area contributed by atoms with E-state index >= 15 is 0 Å². The molecule has 0 amide bonds. The molecule has 1 N–H and O–H groups in total. The molecule has 0 aliphatic heterocycles. The van der Waals surface area contributed by atoms with Crippen LogP contribution >= 0.6 is 0 Å². The minimum atomic E-state index is -3.49. The van der Waals surface area contributed by atoms with E-state index in [9.17, 15) is 23.6 Å². The van der Waals surface area contributed by atoms with Crippen molar-refractivity contribution in [3.8, 4) is 0 Å². The first-order valence-electron chi connectivity index (χ1n) is 6.26. The molecule has 0 spiro atoms. The Morgan fingerprint density at radius 1 is 1.35 bits per heavy atom. The Kier molecular flexibility index (Phi) is 5.24. The Morgan fingerprint density at radius 2 is 1.95 bits per heavy atom. The minimum Gasteiger partial charge on any atom is -0.393 e. The number of hydrogen-bond donors (Lipinski definition) is 1. The van der Waals surface area contributed by atoms with Crippen LogP contribution in [-0.2, 0) is 16.3 Å². The summed E-state index contributed by atoms with van der Waals surface area (Å²) in [5.41, 5.74) is 0.0753. The molecule has 1 rings (SSSR count). The summed E-state index contributed by atoms with van der Waals surface area (Å²) < 4.78 is 22.8. The van der Waals surface area contributed by atoms with Gasteiger partial charge in [-0.3, -0.25) is 10.1 Å². The number of aliphatic hydroxyl groups excluding tert-OH is 1. The van der Waals surface area contributed by atoms with Crippen molar-refractivity contribution in [2.75, 3.05) is 6.26 Å². The zero-order valence-corrected chi connectivity index (χ0v) is 12.6. The normalized spacial score (nSPS) is 13.4. The maximum absolute atomic E-state index is 11.4. The number of aliphatic hydroxyl groups is 1. The second-order valence-electron chi connectivity index (χ2n) is 5.31. The zero-order valence-electron chi connectivity index (χ0n) is 11.7. The van der Waals surface area contributed by atoms with Crippen LogP contribution in [0.2, 0.25) is 0 Å². The molecule has 0 aliphatic rings. The van der Waals surface area contributed by atoms with Gasteiger partial charge in [0.1, 0.15) is 0 Å². The number of sulfone groups is 1. The monoisotopic (exact) mass is 301 g/mol. The molecule has 0 aromatic heterocycles. The van der Waals surface area contributed by atoms with Crippen LogP contribution in [0.5, 0.6) is 0 Å². The topological polar surface area (TPSA) is 97.5 Å². The van der Waals surface area contributed by atoms with E-state index in [0.29, 0.717) is 12.0 Å². The Morgan fingerprint density at radius 3 is 2.40 bits per heavy atom. The lowest BCUT2D eigenvalue weighted by atomic mass is 9.99. The lowest BCUT2D eigenvalue weighted by Crippen LogP contribution is -2.14. The molecule has 1 aromatic carbocycles. The smallest absolute Gasteiger partial charge is 0.273 e. The molecule has 0 fully saturated rings. The molecular formula is C13H19NO5S. The maximum atomic E-state index is 11.4. The standard InChI is InChI=1S/C13H19NO5S/c1-9(2)6-11(15)7-10-4-5-12(20(3,18)19)8-13(10)14(16)17/h4-5,8-9,11,15H,6-7H2,1-3H3. The highest BCUT2D eigenvalue weighted by molar-refractivity contribution is 7.90. The quantitative estimate of drug-likeness (QED) is 0.639. The molecule has 7 heteroatoms. The molecule has 0 aliphatic carbocycles. The van der Waals surface area contributed by atoms with Gasteiger partial charge in [-0.2, -0.15) is 0 Å². The highest BCUT2D eigenvalue weighted by atomic mass is 32.2. The van der Waals surface area contributed by atoms with Gasteiger partial charge >= 0.3 is 0 Å². The van der Waals surface area contributed by atoms with Gasteiger partial charge in [0.05, 0.1) is 15.9 Å². The highest BCUT2D eigenvalue weighted by Gasteiger charge is 2.20. The van der Waals surface area contributed by atoms with Crippen LogP contribution in [0, 0.1) is 16.0 Å². The second kappa shape index (κ2) is 6.32. The molecule has 6 nitrogen and oxygen atoms in total. The molecule has 112 valence electrons. The fourth-order valence-electron chi connectivity index (χ4n) is 2.00. The van der Waals surface area contributed by atoms with Crippen LogP contribution in [0.1, 0.15) is 25.8 Å². The largest absolute Gasteiger partial charge is 0.393 e. The van der Waals surface area contributed by atoms with Gasteiger partial charge in [-0.15, -0.1) is 0 Å². The number of rotatable bonds is 6. The van der Waals surface area contributed by atoms with E-state index in [4.69, 9.17) is 0 Å². The Balaban J connectivity index is 3.12. The molecule has 0 saturated carbocycles. The maximum Gasteiger partial charge on any atom is 0.273 e. The zero-order chi connectivity index (χ0) is 15.5. The van der Waals surface area contributed by atoms with Crippen molar-refractivity contribution >= 4 is 15.5 Å². The highest BCUT2D eigenvalue weighted by Crippen LogP contribution is 2.25. The Hall–Kier alpha value is -1.47. The van der Waals surface area contributed by atoms with E-state index in [1.54, 1.807) is 0 Å². The van der Waals surface area contributed by atoms with Crippen molar-refractivity contribution in [1.29, 1.82) is 0 Å². The van der Waals surface area contributed by atoms with Crippen molar-refractivity contribution in [1.82, 2.24) is 0 Å². The Bertz CT molecular complexity index is 595. The van der Waals surface area contributed by atoms with Crippen LogP contribution in [0.4, 0.5) is 5.69 Å². The van der Waals surface area contributed by atoms with Crippen molar-refractivity contribution in [2.24, 2.45) is 5.92 Å². The Labute approximate surface area is 118 Å². The molecular weight excluding hydrogens is 282 g/mol. The first-order valence-corrected chi connectivity index (χ1v) is 8.16. The second-order valence-corrected chi connectivity index (χ2v) is 7.32. The van der Waals surface area contributed by atoms with Crippen LogP contribution in [0.15, 0.2) is 23.1 Å². The van der Waals surface area contributed by atoms with E-state index in [2.05, 4.69) is 0 Å². The number of hydrogen-bond acceptors (Lipinski definition) is 5. The average Bonchev–Trinajstić information content (AvgIpc) is 2.26. The van der Waals surface area contributed by atoms with Gasteiger partial charge in [0.25, 0.3) is 5.69 Å². The first kappa shape index (κ1) is 16.6. The number of nitro benzene ring substituents is 1. The molecule has 0 heterocycles. The SMILES string of the molecule is CC(C)CC(O)Cc1ccc(S(C)(=O)=O)cc1[N+](=O)[O-]. The van der Waals surface area contributed by atoms with Gasteiger partial charge in [0.15, 0.2) is 9.84 Å².